The van der Waals surface area contributed by atoms with E-state index in [2.05, 4.69) is 5.32 Å². The maximum atomic E-state index is 14.3. The Bertz CT molecular complexity index is 1570. The topological polar surface area (TPSA) is 69.7 Å². The van der Waals surface area contributed by atoms with Crippen LogP contribution in [0.4, 0.5) is 5.69 Å². The van der Waals surface area contributed by atoms with Crippen LogP contribution in [0.2, 0.25) is 0 Å². The van der Waals surface area contributed by atoms with Crippen LogP contribution in [0, 0.1) is 6.92 Å². The summed E-state index contributed by atoms with van der Waals surface area (Å²) in [5.74, 6) is -0.582. The Morgan fingerprint density at radius 3 is 2.32 bits per heavy atom. The molecule has 1 N–H and O–H groups in total. The summed E-state index contributed by atoms with van der Waals surface area (Å²) in [7, 11) is 0. The minimum atomic E-state index is -0.720. The molecule has 0 radical (unpaired) electrons. The SMILES string of the molecule is Cc1ccc(CN(C(=O)CN2C(=O)c3cccc4cccc2c34)[C@@H](Cc2ccccc2)C(=O)NC2CCCC2)cc1. The van der Waals surface area contributed by atoms with Crippen molar-refractivity contribution in [1.29, 1.82) is 0 Å². The highest BCUT2D eigenvalue weighted by Crippen LogP contribution is 2.37. The highest BCUT2D eigenvalue weighted by Gasteiger charge is 2.36. The Kier molecular flexibility index (Phi) is 7.55. The molecule has 1 aliphatic carbocycles. The molecule has 0 spiro atoms. The van der Waals surface area contributed by atoms with Gasteiger partial charge in [-0.05, 0) is 48.4 Å². The normalized spacial score (nSPS) is 15.3. The molecule has 4 aromatic carbocycles. The lowest BCUT2D eigenvalue weighted by molar-refractivity contribution is -0.140. The van der Waals surface area contributed by atoms with Crippen molar-refractivity contribution in [2.45, 2.75) is 57.7 Å². The summed E-state index contributed by atoms with van der Waals surface area (Å²) < 4.78 is 0. The van der Waals surface area contributed by atoms with Gasteiger partial charge in [0.2, 0.25) is 11.8 Å². The van der Waals surface area contributed by atoms with E-state index in [1.807, 2.05) is 97.9 Å². The summed E-state index contributed by atoms with van der Waals surface area (Å²) in [6, 6.07) is 28.7. The molecule has 3 amide bonds. The molecule has 1 heterocycles. The molecule has 6 heteroatoms. The average molecular weight is 546 g/mol. The van der Waals surface area contributed by atoms with E-state index in [1.165, 1.54) is 0 Å². The van der Waals surface area contributed by atoms with Crippen LogP contribution in [0.25, 0.3) is 10.8 Å². The van der Waals surface area contributed by atoms with Crippen molar-refractivity contribution < 1.29 is 14.4 Å². The highest BCUT2D eigenvalue weighted by atomic mass is 16.2. The molecule has 1 aliphatic heterocycles. The molecule has 208 valence electrons. The second-order valence-electron chi connectivity index (χ2n) is 11.3. The van der Waals surface area contributed by atoms with Crippen molar-refractivity contribution in [1.82, 2.24) is 10.2 Å². The van der Waals surface area contributed by atoms with Crippen LogP contribution in [0.15, 0.2) is 91.0 Å². The predicted octanol–water partition coefficient (Wildman–Crippen LogP) is 5.81. The fraction of sp³-hybridized carbons (Fsp3) is 0.286. The third kappa shape index (κ3) is 5.60. The van der Waals surface area contributed by atoms with Crippen LogP contribution < -0.4 is 10.2 Å². The van der Waals surface area contributed by atoms with Gasteiger partial charge in [0.25, 0.3) is 5.91 Å². The smallest absolute Gasteiger partial charge is 0.259 e. The molecule has 41 heavy (non-hydrogen) atoms. The zero-order valence-electron chi connectivity index (χ0n) is 23.4. The van der Waals surface area contributed by atoms with Crippen LogP contribution in [0.3, 0.4) is 0 Å². The molecular formula is C35H35N3O3. The molecule has 4 aromatic rings. The first kappa shape index (κ1) is 26.8. The van der Waals surface area contributed by atoms with Gasteiger partial charge in [-0.3, -0.25) is 19.3 Å². The summed E-state index contributed by atoms with van der Waals surface area (Å²) >= 11 is 0. The number of hydrogen-bond donors (Lipinski definition) is 1. The standard InChI is InChI=1S/C35H35N3O3/c1-24-17-19-26(20-18-24)22-37(31(21-25-9-3-2-4-10-25)34(40)36-28-13-5-6-14-28)32(39)23-38-30-16-8-12-27-11-7-15-29(33(27)30)35(38)41/h2-4,7-12,15-20,28,31H,5-6,13-14,21-23H2,1H3,(H,36,40)/t31-/m0/s1. The lowest BCUT2D eigenvalue weighted by Gasteiger charge is -2.33. The number of nitrogens with zero attached hydrogens (tertiary/aromatic N) is 2. The van der Waals surface area contributed by atoms with E-state index in [9.17, 15) is 14.4 Å². The molecule has 1 atom stereocenters. The minimum Gasteiger partial charge on any atom is -0.352 e. The van der Waals surface area contributed by atoms with Crippen molar-refractivity contribution >= 4 is 34.2 Å². The first-order valence-corrected chi connectivity index (χ1v) is 14.5. The van der Waals surface area contributed by atoms with Crippen LogP contribution in [0.1, 0.15) is 52.7 Å². The third-order valence-corrected chi connectivity index (χ3v) is 8.39. The van der Waals surface area contributed by atoms with Gasteiger partial charge in [-0.2, -0.15) is 0 Å². The molecule has 0 bridgehead atoms. The number of amides is 3. The maximum Gasteiger partial charge on any atom is 0.259 e. The Balaban J connectivity index is 1.34. The van der Waals surface area contributed by atoms with E-state index in [0.29, 0.717) is 12.0 Å². The monoisotopic (exact) mass is 545 g/mol. The number of carbonyl (C=O) groups excluding carboxylic acids is 3. The second-order valence-corrected chi connectivity index (χ2v) is 11.3. The lowest BCUT2D eigenvalue weighted by Crippen LogP contribution is -2.54. The Hall–Kier alpha value is -4.45. The van der Waals surface area contributed by atoms with Gasteiger partial charge in [0.05, 0.1) is 5.69 Å². The number of carbonyl (C=O) groups is 3. The van der Waals surface area contributed by atoms with E-state index >= 15 is 0 Å². The fourth-order valence-electron chi connectivity index (χ4n) is 6.17. The van der Waals surface area contributed by atoms with E-state index < -0.39 is 6.04 Å². The Morgan fingerprint density at radius 1 is 0.878 bits per heavy atom. The molecule has 0 unspecified atom stereocenters. The van der Waals surface area contributed by atoms with Gasteiger partial charge >= 0.3 is 0 Å². The summed E-state index contributed by atoms with van der Waals surface area (Å²) in [5, 5.41) is 5.09. The molecule has 6 nitrogen and oxygen atoms in total. The van der Waals surface area contributed by atoms with Crippen molar-refractivity contribution in [3.8, 4) is 0 Å². The number of anilines is 1. The van der Waals surface area contributed by atoms with Gasteiger partial charge in [0.15, 0.2) is 0 Å². The van der Waals surface area contributed by atoms with Crippen LogP contribution in [-0.4, -0.2) is 41.2 Å². The number of benzene rings is 4. The quantitative estimate of drug-likeness (QED) is 0.289. The molecule has 2 aliphatic rings. The van der Waals surface area contributed by atoms with Crippen LogP contribution >= 0.6 is 0 Å². The second kappa shape index (κ2) is 11.6. The summed E-state index contributed by atoms with van der Waals surface area (Å²) in [4.78, 5) is 45.0. The Morgan fingerprint density at radius 2 is 1.59 bits per heavy atom. The van der Waals surface area contributed by atoms with Crippen molar-refractivity contribution in [3.63, 3.8) is 0 Å². The van der Waals surface area contributed by atoms with Gasteiger partial charge < -0.3 is 10.2 Å². The number of rotatable bonds is 9. The first-order chi connectivity index (χ1) is 20.0. The van der Waals surface area contributed by atoms with Crippen LogP contribution in [-0.2, 0) is 22.6 Å². The van der Waals surface area contributed by atoms with E-state index in [1.54, 1.807) is 9.80 Å². The molecule has 0 saturated heterocycles. The van der Waals surface area contributed by atoms with Crippen molar-refractivity contribution in [3.05, 3.63) is 113 Å². The number of nitrogens with one attached hydrogen (secondary N) is 1. The number of aryl methyl sites for hydroxylation is 1. The van der Waals surface area contributed by atoms with E-state index in [-0.39, 0.29) is 36.9 Å². The molecule has 0 aromatic heterocycles. The van der Waals surface area contributed by atoms with E-state index in [0.717, 1.165) is 58.8 Å². The highest BCUT2D eigenvalue weighted by molar-refractivity contribution is 6.26. The van der Waals surface area contributed by atoms with Crippen molar-refractivity contribution in [2.75, 3.05) is 11.4 Å². The largest absolute Gasteiger partial charge is 0.352 e. The van der Waals surface area contributed by atoms with Gasteiger partial charge in [0.1, 0.15) is 12.6 Å². The lowest BCUT2D eigenvalue weighted by atomic mass is 10.0. The van der Waals surface area contributed by atoms with Gasteiger partial charge in [-0.25, -0.2) is 0 Å². The summed E-state index contributed by atoms with van der Waals surface area (Å²) in [6.45, 7) is 2.16. The fourth-order valence-corrected chi connectivity index (χ4v) is 6.17. The molecule has 6 rings (SSSR count). The number of hydrogen-bond acceptors (Lipinski definition) is 3. The summed E-state index contributed by atoms with van der Waals surface area (Å²) in [6.07, 6.45) is 4.51. The summed E-state index contributed by atoms with van der Waals surface area (Å²) in [5.41, 5.74) is 4.39. The van der Waals surface area contributed by atoms with Gasteiger partial charge in [-0.1, -0.05) is 97.3 Å². The van der Waals surface area contributed by atoms with Crippen molar-refractivity contribution in [2.24, 2.45) is 0 Å². The zero-order chi connectivity index (χ0) is 28.3. The maximum absolute atomic E-state index is 14.3. The van der Waals surface area contributed by atoms with Gasteiger partial charge in [0, 0.05) is 30.0 Å². The van der Waals surface area contributed by atoms with Gasteiger partial charge in [-0.15, -0.1) is 0 Å². The minimum absolute atomic E-state index is 0.129. The van der Waals surface area contributed by atoms with E-state index in [4.69, 9.17) is 0 Å². The first-order valence-electron chi connectivity index (χ1n) is 14.5. The average Bonchev–Trinajstić information content (AvgIpc) is 3.60. The molecular weight excluding hydrogens is 510 g/mol. The van der Waals surface area contributed by atoms with Crippen LogP contribution in [0.5, 0.6) is 0 Å². The Labute approximate surface area is 241 Å². The zero-order valence-corrected chi connectivity index (χ0v) is 23.4. The predicted molar refractivity (Wildman–Crippen MR) is 162 cm³/mol. The third-order valence-electron chi connectivity index (χ3n) is 8.39. The molecule has 1 saturated carbocycles. The molecule has 1 fully saturated rings.